The van der Waals surface area contributed by atoms with Crippen LogP contribution in [-0.2, 0) is 11.2 Å². The van der Waals surface area contributed by atoms with E-state index in [4.69, 9.17) is 0 Å². The molecule has 1 aliphatic rings. The molecule has 1 aromatic carbocycles. The summed E-state index contributed by atoms with van der Waals surface area (Å²) in [6.45, 7) is 7.87. The summed E-state index contributed by atoms with van der Waals surface area (Å²) in [5.74, 6) is 0.133. The van der Waals surface area contributed by atoms with Gasteiger partial charge in [0, 0.05) is 32.2 Å². The Balaban J connectivity index is 1.58. The average Bonchev–Trinajstić information content (AvgIpc) is 3.04. The molecule has 1 saturated heterocycles. The van der Waals surface area contributed by atoms with Gasteiger partial charge in [0.25, 0.3) is 0 Å². The van der Waals surface area contributed by atoms with E-state index in [0.717, 1.165) is 31.9 Å². The quantitative estimate of drug-likeness (QED) is 0.855. The fourth-order valence-corrected chi connectivity index (χ4v) is 2.82. The first-order chi connectivity index (χ1) is 11.1. The number of carbonyl (C=O) groups is 1. The summed E-state index contributed by atoms with van der Waals surface area (Å²) >= 11 is 0. The number of hydrogen-bond donors (Lipinski definition) is 0. The van der Waals surface area contributed by atoms with Crippen LogP contribution in [0.15, 0.2) is 36.5 Å². The third-order valence-corrected chi connectivity index (χ3v) is 4.26. The lowest BCUT2D eigenvalue weighted by Gasteiger charge is -2.36. The summed E-state index contributed by atoms with van der Waals surface area (Å²) in [5.41, 5.74) is 1.61. The maximum absolute atomic E-state index is 12.4. The Kier molecular flexibility index (Phi) is 4.71. The fourth-order valence-electron chi connectivity index (χ4n) is 2.82. The van der Waals surface area contributed by atoms with Gasteiger partial charge in [-0.3, -0.25) is 9.69 Å². The lowest BCUT2D eigenvalue weighted by molar-refractivity contribution is -0.132. The molecule has 6 nitrogen and oxygen atoms in total. The summed E-state index contributed by atoms with van der Waals surface area (Å²) in [7, 11) is 0. The first-order valence-corrected chi connectivity index (χ1v) is 8.12. The van der Waals surface area contributed by atoms with Crippen molar-refractivity contribution in [2.24, 2.45) is 0 Å². The molecule has 0 aliphatic carbocycles. The molecule has 1 aromatic heterocycles. The lowest BCUT2D eigenvalue weighted by atomic mass is 10.2. The van der Waals surface area contributed by atoms with E-state index >= 15 is 0 Å². The SMILES string of the molecule is CC(C)N1CCN(C(=O)Cc2cnn(-c3ccccc3)n2)CC1. The molecule has 6 heteroatoms. The number of benzene rings is 1. The fraction of sp³-hybridized carbons (Fsp3) is 0.471. The van der Waals surface area contributed by atoms with Crippen molar-refractivity contribution in [3.63, 3.8) is 0 Å². The van der Waals surface area contributed by atoms with Crippen LogP contribution in [0, 0.1) is 0 Å². The molecule has 0 unspecified atom stereocenters. The molecule has 0 saturated carbocycles. The van der Waals surface area contributed by atoms with Gasteiger partial charge in [-0.05, 0) is 26.0 Å². The number of para-hydroxylation sites is 1. The third-order valence-electron chi connectivity index (χ3n) is 4.26. The van der Waals surface area contributed by atoms with Gasteiger partial charge in [-0.25, -0.2) is 0 Å². The molecule has 2 heterocycles. The summed E-state index contributed by atoms with van der Waals surface area (Å²) < 4.78 is 0. The molecule has 0 radical (unpaired) electrons. The molecule has 2 aromatic rings. The molecule has 0 atom stereocenters. The van der Waals surface area contributed by atoms with Crippen LogP contribution in [0.1, 0.15) is 19.5 Å². The molecule has 23 heavy (non-hydrogen) atoms. The molecule has 3 rings (SSSR count). The van der Waals surface area contributed by atoms with Crippen molar-refractivity contribution in [2.75, 3.05) is 26.2 Å². The van der Waals surface area contributed by atoms with Gasteiger partial charge in [0.1, 0.15) is 0 Å². The molecule has 0 spiro atoms. The highest BCUT2D eigenvalue weighted by molar-refractivity contribution is 5.78. The Morgan fingerprint density at radius 1 is 1.13 bits per heavy atom. The third kappa shape index (κ3) is 3.76. The van der Waals surface area contributed by atoms with Gasteiger partial charge < -0.3 is 4.90 Å². The average molecular weight is 313 g/mol. The minimum absolute atomic E-state index is 0.133. The van der Waals surface area contributed by atoms with Crippen molar-refractivity contribution in [3.05, 3.63) is 42.2 Å². The first-order valence-electron chi connectivity index (χ1n) is 8.12. The second-order valence-electron chi connectivity index (χ2n) is 6.15. The van der Waals surface area contributed by atoms with Crippen molar-refractivity contribution >= 4 is 5.91 Å². The van der Waals surface area contributed by atoms with E-state index in [9.17, 15) is 4.79 Å². The van der Waals surface area contributed by atoms with Gasteiger partial charge in [-0.1, -0.05) is 18.2 Å². The van der Waals surface area contributed by atoms with Crippen molar-refractivity contribution in [1.82, 2.24) is 24.8 Å². The van der Waals surface area contributed by atoms with E-state index in [1.165, 1.54) is 0 Å². The maximum atomic E-state index is 12.4. The van der Waals surface area contributed by atoms with Crippen LogP contribution in [0.25, 0.3) is 5.69 Å². The topological polar surface area (TPSA) is 54.3 Å². The smallest absolute Gasteiger partial charge is 0.228 e. The van der Waals surface area contributed by atoms with Gasteiger partial charge in [-0.2, -0.15) is 15.0 Å². The number of carbonyl (C=O) groups excluding carboxylic acids is 1. The Morgan fingerprint density at radius 2 is 1.83 bits per heavy atom. The van der Waals surface area contributed by atoms with Gasteiger partial charge in [0.15, 0.2) is 0 Å². The van der Waals surface area contributed by atoms with Gasteiger partial charge in [-0.15, -0.1) is 0 Å². The molecule has 1 aliphatic heterocycles. The highest BCUT2D eigenvalue weighted by Crippen LogP contribution is 2.09. The van der Waals surface area contributed by atoms with Crippen molar-refractivity contribution < 1.29 is 4.79 Å². The Bertz CT molecular complexity index is 644. The molecule has 0 bridgehead atoms. The minimum atomic E-state index is 0.133. The molecular formula is C17H23N5O. The standard InChI is InChI=1S/C17H23N5O/c1-14(2)20-8-10-21(11-9-20)17(23)12-15-13-18-22(19-15)16-6-4-3-5-7-16/h3-7,13-14H,8-12H2,1-2H3. The number of aromatic nitrogens is 3. The van der Waals surface area contributed by atoms with E-state index in [-0.39, 0.29) is 5.91 Å². The van der Waals surface area contributed by atoms with Crippen LogP contribution in [0.2, 0.25) is 0 Å². The van der Waals surface area contributed by atoms with E-state index in [1.807, 2.05) is 35.2 Å². The second-order valence-corrected chi connectivity index (χ2v) is 6.15. The molecular weight excluding hydrogens is 290 g/mol. The van der Waals surface area contributed by atoms with E-state index in [1.54, 1.807) is 11.0 Å². The largest absolute Gasteiger partial charge is 0.340 e. The van der Waals surface area contributed by atoms with Crippen LogP contribution in [0.4, 0.5) is 0 Å². The number of nitrogens with zero attached hydrogens (tertiary/aromatic N) is 5. The van der Waals surface area contributed by atoms with E-state index in [0.29, 0.717) is 18.2 Å². The summed E-state index contributed by atoms with van der Waals surface area (Å²) in [5, 5.41) is 8.65. The molecule has 1 amide bonds. The van der Waals surface area contributed by atoms with Crippen LogP contribution >= 0.6 is 0 Å². The first kappa shape index (κ1) is 15.7. The zero-order valence-electron chi connectivity index (χ0n) is 13.7. The predicted octanol–water partition coefficient (Wildman–Crippen LogP) is 1.36. The van der Waals surface area contributed by atoms with Crippen molar-refractivity contribution in [3.8, 4) is 5.69 Å². The predicted molar refractivity (Wildman–Crippen MR) is 88.4 cm³/mol. The summed E-state index contributed by atoms with van der Waals surface area (Å²) in [4.78, 5) is 18.3. The lowest BCUT2D eigenvalue weighted by Crippen LogP contribution is -2.51. The zero-order valence-corrected chi connectivity index (χ0v) is 13.7. The number of amides is 1. The van der Waals surface area contributed by atoms with Crippen LogP contribution in [-0.4, -0.2) is 62.9 Å². The summed E-state index contributed by atoms with van der Waals surface area (Å²) in [6, 6.07) is 10.3. The van der Waals surface area contributed by atoms with E-state index in [2.05, 4.69) is 28.9 Å². The highest BCUT2D eigenvalue weighted by atomic mass is 16.2. The monoisotopic (exact) mass is 313 g/mol. The Hall–Kier alpha value is -2.21. The number of piperazine rings is 1. The molecule has 1 fully saturated rings. The van der Waals surface area contributed by atoms with Crippen molar-refractivity contribution in [1.29, 1.82) is 0 Å². The highest BCUT2D eigenvalue weighted by Gasteiger charge is 2.23. The number of rotatable bonds is 4. The Labute approximate surface area is 136 Å². The van der Waals surface area contributed by atoms with E-state index < -0.39 is 0 Å². The van der Waals surface area contributed by atoms with Crippen molar-refractivity contribution in [2.45, 2.75) is 26.3 Å². The minimum Gasteiger partial charge on any atom is -0.340 e. The summed E-state index contributed by atoms with van der Waals surface area (Å²) in [6.07, 6.45) is 1.99. The van der Waals surface area contributed by atoms with Gasteiger partial charge in [0.05, 0.1) is 24.0 Å². The maximum Gasteiger partial charge on any atom is 0.228 e. The Morgan fingerprint density at radius 3 is 2.48 bits per heavy atom. The molecule has 0 N–H and O–H groups in total. The number of hydrogen-bond acceptors (Lipinski definition) is 4. The second kappa shape index (κ2) is 6.91. The van der Waals surface area contributed by atoms with Gasteiger partial charge >= 0.3 is 0 Å². The normalized spacial score (nSPS) is 16.0. The van der Waals surface area contributed by atoms with Crippen LogP contribution < -0.4 is 0 Å². The zero-order chi connectivity index (χ0) is 16.2. The van der Waals surface area contributed by atoms with Gasteiger partial charge in [0.2, 0.25) is 5.91 Å². The van der Waals surface area contributed by atoms with Crippen LogP contribution in [0.3, 0.4) is 0 Å². The molecule has 122 valence electrons. The van der Waals surface area contributed by atoms with Crippen LogP contribution in [0.5, 0.6) is 0 Å².